The van der Waals surface area contributed by atoms with E-state index in [-0.39, 0.29) is 0 Å². The van der Waals surface area contributed by atoms with E-state index in [0.29, 0.717) is 6.04 Å². The predicted octanol–water partition coefficient (Wildman–Crippen LogP) is 4.94. The number of hydrogen-bond acceptors (Lipinski definition) is 2. The zero-order valence-corrected chi connectivity index (χ0v) is 14.0. The van der Waals surface area contributed by atoms with Crippen LogP contribution in [-0.2, 0) is 6.54 Å². The van der Waals surface area contributed by atoms with Crippen LogP contribution in [0.4, 0.5) is 5.69 Å². The first-order valence-corrected chi connectivity index (χ1v) is 8.25. The molecule has 2 aromatic rings. The highest BCUT2D eigenvalue weighted by atomic mass is 15.1. The topological polar surface area (TPSA) is 29.3 Å². The van der Waals surface area contributed by atoms with Crippen LogP contribution < -0.4 is 5.73 Å². The van der Waals surface area contributed by atoms with Gasteiger partial charge < -0.3 is 5.73 Å². The zero-order chi connectivity index (χ0) is 15.9. The molecule has 0 heterocycles. The summed E-state index contributed by atoms with van der Waals surface area (Å²) in [7, 11) is 0. The monoisotopic (exact) mass is 296 g/mol. The summed E-state index contributed by atoms with van der Waals surface area (Å²) in [6.45, 7) is 8.68. The number of rotatable bonds is 7. The number of benzene rings is 2. The lowest BCUT2D eigenvalue weighted by atomic mass is 10.0. The van der Waals surface area contributed by atoms with Gasteiger partial charge in [0.05, 0.1) is 0 Å². The van der Waals surface area contributed by atoms with Crippen LogP contribution in [0.5, 0.6) is 0 Å². The summed E-state index contributed by atoms with van der Waals surface area (Å²) in [5, 5.41) is 0. The molecule has 0 unspecified atom stereocenters. The van der Waals surface area contributed by atoms with E-state index < -0.39 is 0 Å². The fourth-order valence-electron chi connectivity index (χ4n) is 2.72. The van der Waals surface area contributed by atoms with E-state index in [1.54, 1.807) is 0 Å². The van der Waals surface area contributed by atoms with Crippen molar-refractivity contribution in [1.29, 1.82) is 0 Å². The van der Waals surface area contributed by atoms with Gasteiger partial charge in [0.1, 0.15) is 0 Å². The van der Waals surface area contributed by atoms with E-state index in [1.807, 2.05) is 0 Å². The Labute approximate surface area is 135 Å². The van der Waals surface area contributed by atoms with Crippen molar-refractivity contribution in [3.8, 4) is 0 Å². The van der Waals surface area contributed by atoms with Gasteiger partial charge >= 0.3 is 0 Å². The van der Waals surface area contributed by atoms with Crippen molar-refractivity contribution in [2.45, 2.75) is 46.2 Å². The van der Waals surface area contributed by atoms with E-state index in [0.717, 1.165) is 24.3 Å². The van der Waals surface area contributed by atoms with Gasteiger partial charge in [0.25, 0.3) is 0 Å². The molecule has 0 radical (unpaired) electrons. The van der Waals surface area contributed by atoms with Crippen LogP contribution in [0, 0.1) is 6.92 Å². The average Bonchev–Trinajstić information content (AvgIpc) is 2.54. The SMILES string of the molecule is CCCCN(Cc1ccccc1)[C@@H](C)c1ccc(C)c(N)c1. The average molecular weight is 296 g/mol. The first-order chi connectivity index (χ1) is 10.6. The van der Waals surface area contributed by atoms with Crippen molar-refractivity contribution in [1.82, 2.24) is 4.90 Å². The van der Waals surface area contributed by atoms with Gasteiger partial charge in [-0.1, -0.05) is 55.8 Å². The van der Waals surface area contributed by atoms with Crippen molar-refractivity contribution in [2.75, 3.05) is 12.3 Å². The summed E-state index contributed by atoms with van der Waals surface area (Å²) in [6.07, 6.45) is 2.44. The van der Waals surface area contributed by atoms with Gasteiger partial charge in [-0.15, -0.1) is 0 Å². The van der Waals surface area contributed by atoms with Gasteiger partial charge in [0.2, 0.25) is 0 Å². The third kappa shape index (κ3) is 4.35. The Hall–Kier alpha value is -1.80. The number of nitrogens with two attached hydrogens (primary N) is 1. The molecule has 0 aliphatic heterocycles. The lowest BCUT2D eigenvalue weighted by Crippen LogP contribution is -2.27. The van der Waals surface area contributed by atoms with E-state index in [4.69, 9.17) is 5.73 Å². The highest BCUT2D eigenvalue weighted by Crippen LogP contribution is 2.25. The van der Waals surface area contributed by atoms with Gasteiger partial charge in [-0.3, -0.25) is 4.90 Å². The number of nitrogens with zero attached hydrogens (tertiary/aromatic N) is 1. The quantitative estimate of drug-likeness (QED) is 0.733. The van der Waals surface area contributed by atoms with Crippen LogP contribution in [0.3, 0.4) is 0 Å². The van der Waals surface area contributed by atoms with Crippen LogP contribution in [0.25, 0.3) is 0 Å². The highest BCUT2D eigenvalue weighted by molar-refractivity contribution is 5.49. The van der Waals surface area contributed by atoms with E-state index in [1.165, 1.54) is 24.0 Å². The summed E-state index contributed by atoms with van der Waals surface area (Å²) in [6, 6.07) is 17.5. The zero-order valence-electron chi connectivity index (χ0n) is 14.0. The molecule has 2 N–H and O–H groups in total. The van der Waals surface area contributed by atoms with Gasteiger partial charge in [-0.05, 0) is 49.6 Å². The molecule has 0 saturated carbocycles. The van der Waals surface area contributed by atoms with Crippen LogP contribution in [-0.4, -0.2) is 11.4 Å². The van der Waals surface area contributed by atoms with E-state index in [9.17, 15) is 0 Å². The van der Waals surface area contributed by atoms with Crippen LogP contribution in [0.15, 0.2) is 48.5 Å². The fraction of sp³-hybridized carbons (Fsp3) is 0.400. The molecule has 0 spiro atoms. The minimum absolute atomic E-state index is 0.370. The minimum atomic E-state index is 0.370. The van der Waals surface area contributed by atoms with Crippen molar-refractivity contribution in [3.63, 3.8) is 0 Å². The Kier molecular flexibility index (Phi) is 6.02. The van der Waals surface area contributed by atoms with Crippen molar-refractivity contribution < 1.29 is 0 Å². The van der Waals surface area contributed by atoms with Gasteiger partial charge in [-0.2, -0.15) is 0 Å². The molecule has 0 aromatic heterocycles. The second-order valence-corrected chi connectivity index (χ2v) is 6.10. The Bertz CT molecular complexity index is 578. The molecule has 118 valence electrons. The molecule has 0 aliphatic rings. The molecule has 2 rings (SSSR count). The standard InChI is InChI=1S/C20H28N2/c1-4-5-13-22(15-18-9-7-6-8-10-18)17(3)19-12-11-16(2)20(21)14-19/h6-12,14,17H,4-5,13,15,21H2,1-3H3/t17-/m0/s1. The second-order valence-electron chi connectivity index (χ2n) is 6.10. The van der Waals surface area contributed by atoms with Crippen molar-refractivity contribution in [3.05, 3.63) is 65.2 Å². The molecular formula is C20H28N2. The Morgan fingerprint density at radius 2 is 1.82 bits per heavy atom. The first kappa shape index (κ1) is 16.6. The van der Waals surface area contributed by atoms with Gasteiger partial charge in [-0.25, -0.2) is 0 Å². The number of aryl methyl sites for hydroxylation is 1. The molecule has 2 heteroatoms. The summed E-state index contributed by atoms with van der Waals surface area (Å²) in [5.74, 6) is 0. The maximum Gasteiger partial charge on any atom is 0.0347 e. The first-order valence-electron chi connectivity index (χ1n) is 8.25. The molecule has 2 aromatic carbocycles. The summed E-state index contributed by atoms with van der Waals surface area (Å²) in [5.41, 5.74) is 10.8. The van der Waals surface area contributed by atoms with Gasteiger partial charge in [0.15, 0.2) is 0 Å². The Morgan fingerprint density at radius 3 is 2.45 bits per heavy atom. The number of hydrogen-bond donors (Lipinski definition) is 1. The Balaban J connectivity index is 2.17. The largest absolute Gasteiger partial charge is 0.399 e. The lowest BCUT2D eigenvalue weighted by Gasteiger charge is -2.30. The lowest BCUT2D eigenvalue weighted by molar-refractivity contribution is 0.198. The van der Waals surface area contributed by atoms with E-state index in [2.05, 4.69) is 74.2 Å². The van der Waals surface area contributed by atoms with Crippen molar-refractivity contribution in [2.24, 2.45) is 0 Å². The van der Waals surface area contributed by atoms with Crippen LogP contribution in [0.2, 0.25) is 0 Å². The van der Waals surface area contributed by atoms with Crippen LogP contribution in [0.1, 0.15) is 49.4 Å². The maximum atomic E-state index is 6.09. The molecule has 22 heavy (non-hydrogen) atoms. The Morgan fingerprint density at radius 1 is 1.09 bits per heavy atom. The normalized spacial score (nSPS) is 12.5. The van der Waals surface area contributed by atoms with E-state index >= 15 is 0 Å². The molecule has 0 aliphatic carbocycles. The molecule has 1 atom stereocenters. The summed E-state index contributed by atoms with van der Waals surface area (Å²) >= 11 is 0. The second kappa shape index (κ2) is 8.00. The maximum absolute atomic E-state index is 6.09. The highest BCUT2D eigenvalue weighted by Gasteiger charge is 2.16. The third-order valence-corrected chi connectivity index (χ3v) is 4.36. The third-order valence-electron chi connectivity index (χ3n) is 4.36. The number of anilines is 1. The fourth-order valence-corrected chi connectivity index (χ4v) is 2.72. The number of nitrogen functional groups attached to an aromatic ring is 1. The summed E-state index contributed by atoms with van der Waals surface area (Å²) in [4.78, 5) is 2.54. The predicted molar refractivity (Wildman–Crippen MR) is 95.8 cm³/mol. The van der Waals surface area contributed by atoms with Crippen molar-refractivity contribution >= 4 is 5.69 Å². The molecule has 2 nitrogen and oxygen atoms in total. The number of unbranched alkanes of at least 4 members (excludes halogenated alkanes) is 1. The summed E-state index contributed by atoms with van der Waals surface area (Å²) < 4.78 is 0. The molecule has 0 saturated heterocycles. The van der Waals surface area contributed by atoms with Gasteiger partial charge in [0, 0.05) is 18.3 Å². The molecule has 0 bridgehead atoms. The smallest absolute Gasteiger partial charge is 0.0347 e. The molecular weight excluding hydrogens is 268 g/mol. The molecule has 0 amide bonds. The minimum Gasteiger partial charge on any atom is -0.399 e. The van der Waals surface area contributed by atoms with Crippen LogP contribution >= 0.6 is 0 Å². The molecule has 0 fully saturated rings.